The van der Waals surface area contributed by atoms with Crippen molar-refractivity contribution in [1.82, 2.24) is 0 Å². The molecule has 2 rings (SSSR count). The standard InChI is InChI=1S/C19H20O5/c1-23-17-10-6-15(7-11-19(21)22)13-18(17)24-16-8-4-14(5-9-16)3-2-12-20/h2-6,8-10,13,20H,7,11-12H2,1H3,(H,21,22)/b3-2-. The molecule has 0 spiro atoms. The van der Waals surface area contributed by atoms with E-state index in [2.05, 4.69) is 0 Å². The maximum absolute atomic E-state index is 10.7. The lowest BCUT2D eigenvalue weighted by atomic mass is 10.1. The third-order valence-corrected chi connectivity index (χ3v) is 3.38. The Morgan fingerprint density at radius 1 is 1.12 bits per heavy atom. The average molecular weight is 328 g/mol. The Bertz CT molecular complexity index is 704. The first kappa shape index (κ1) is 17.6. The molecular formula is C19H20O5. The highest BCUT2D eigenvalue weighted by Gasteiger charge is 2.08. The number of aliphatic carboxylic acids is 1. The van der Waals surface area contributed by atoms with Gasteiger partial charge in [-0.2, -0.15) is 0 Å². The minimum atomic E-state index is -0.834. The van der Waals surface area contributed by atoms with Crippen molar-refractivity contribution in [2.45, 2.75) is 12.8 Å². The summed E-state index contributed by atoms with van der Waals surface area (Å²) in [6.45, 7) is -0.00140. The van der Waals surface area contributed by atoms with Crippen LogP contribution in [0.4, 0.5) is 0 Å². The van der Waals surface area contributed by atoms with E-state index in [1.54, 1.807) is 25.3 Å². The van der Waals surface area contributed by atoms with Crippen LogP contribution < -0.4 is 9.47 Å². The summed E-state index contributed by atoms with van der Waals surface area (Å²) in [5, 5.41) is 17.6. The molecule has 0 saturated carbocycles. The van der Waals surface area contributed by atoms with Gasteiger partial charge >= 0.3 is 5.97 Å². The van der Waals surface area contributed by atoms with Crippen LogP contribution in [0.2, 0.25) is 0 Å². The first-order valence-electron chi connectivity index (χ1n) is 7.56. The largest absolute Gasteiger partial charge is 0.493 e. The molecule has 5 nitrogen and oxygen atoms in total. The molecule has 0 unspecified atom stereocenters. The van der Waals surface area contributed by atoms with Crippen LogP contribution in [0.3, 0.4) is 0 Å². The van der Waals surface area contributed by atoms with E-state index in [9.17, 15) is 4.79 Å². The van der Waals surface area contributed by atoms with Gasteiger partial charge in [0.05, 0.1) is 13.7 Å². The first-order valence-corrected chi connectivity index (χ1v) is 7.56. The highest BCUT2D eigenvalue weighted by molar-refractivity contribution is 5.67. The second-order valence-corrected chi connectivity index (χ2v) is 5.13. The van der Waals surface area contributed by atoms with E-state index < -0.39 is 5.97 Å². The van der Waals surface area contributed by atoms with Crippen LogP contribution in [-0.2, 0) is 11.2 Å². The Hall–Kier alpha value is -2.79. The molecule has 0 radical (unpaired) electrons. The minimum Gasteiger partial charge on any atom is -0.493 e. The van der Waals surface area contributed by atoms with E-state index in [1.807, 2.05) is 36.4 Å². The van der Waals surface area contributed by atoms with Crippen molar-refractivity contribution in [2.75, 3.05) is 13.7 Å². The van der Waals surface area contributed by atoms with Crippen molar-refractivity contribution in [1.29, 1.82) is 0 Å². The molecule has 0 saturated heterocycles. The second-order valence-electron chi connectivity index (χ2n) is 5.13. The average Bonchev–Trinajstić information content (AvgIpc) is 2.59. The van der Waals surface area contributed by atoms with Gasteiger partial charge < -0.3 is 19.7 Å². The van der Waals surface area contributed by atoms with Crippen LogP contribution in [-0.4, -0.2) is 29.9 Å². The SMILES string of the molecule is COc1ccc(CCC(=O)O)cc1Oc1ccc(/C=C\CO)cc1. The van der Waals surface area contributed by atoms with Crippen LogP contribution in [0, 0.1) is 0 Å². The minimum absolute atomic E-state index is 0.00140. The van der Waals surface area contributed by atoms with E-state index in [1.165, 1.54) is 0 Å². The molecule has 0 aliphatic rings. The molecule has 0 fully saturated rings. The van der Waals surface area contributed by atoms with Crippen molar-refractivity contribution in [3.63, 3.8) is 0 Å². The topological polar surface area (TPSA) is 76.0 Å². The fourth-order valence-corrected chi connectivity index (χ4v) is 2.17. The Labute approximate surface area is 140 Å². The summed E-state index contributed by atoms with van der Waals surface area (Å²) >= 11 is 0. The van der Waals surface area contributed by atoms with Crippen molar-refractivity contribution in [2.24, 2.45) is 0 Å². The Morgan fingerprint density at radius 3 is 2.50 bits per heavy atom. The fraction of sp³-hybridized carbons (Fsp3) is 0.211. The number of benzene rings is 2. The molecule has 2 N–H and O–H groups in total. The number of aliphatic hydroxyl groups excluding tert-OH is 1. The first-order chi connectivity index (χ1) is 11.6. The molecular weight excluding hydrogens is 308 g/mol. The van der Waals surface area contributed by atoms with Gasteiger partial charge in [-0.1, -0.05) is 30.4 Å². The molecule has 0 aliphatic heterocycles. The molecule has 0 aliphatic carbocycles. The highest BCUT2D eigenvalue weighted by Crippen LogP contribution is 2.33. The number of aryl methyl sites for hydroxylation is 1. The van der Waals surface area contributed by atoms with Gasteiger partial charge in [0.2, 0.25) is 0 Å². The van der Waals surface area contributed by atoms with Gasteiger partial charge in [-0.25, -0.2) is 0 Å². The van der Waals surface area contributed by atoms with Gasteiger partial charge in [0.25, 0.3) is 0 Å². The molecule has 0 atom stereocenters. The summed E-state index contributed by atoms with van der Waals surface area (Å²) in [5.41, 5.74) is 1.83. The third-order valence-electron chi connectivity index (χ3n) is 3.38. The summed E-state index contributed by atoms with van der Waals surface area (Å²) in [7, 11) is 1.56. The van der Waals surface area contributed by atoms with Crippen LogP contribution >= 0.6 is 0 Å². The van der Waals surface area contributed by atoms with Crippen LogP contribution in [0.25, 0.3) is 6.08 Å². The monoisotopic (exact) mass is 328 g/mol. The number of carboxylic acids is 1. The predicted octanol–water partition coefficient (Wildman–Crippen LogP) is 3.51. The van der Waals surface area contributed by atoms with Crippen molar-refractivity contribution in [3.8, 4) is 17.2 Å². The molecule has 2 aromatic rings. The number of carbonyl (C=O) groups is 1. The molecule has 0 heterocycles. The number of aliphatic hydroxyl groups is 1. The van der Waals surface area contributed by atoms with Gasteiger partial charge in [0.15, 0.2) is 11.5 Å². The van der Waals surface area contributed by atoms with Crippen molar-refractivity contribution >= 4 is 12.0 Å². The Morgan fingerprint density at radius 2 is 1.88 bits per heavy atom. The normalized spacial score (nSPS) is 10.8. The number of methoxy groups -OCH3 is 1. The van der Waals surface area contributed by atoms with E-state index in [4.69, 9.17) is 19.7 Å². The van der Waals surface area contributed by atoms with Gasteiger partial charge in [0.1, 0.15) is 5.75 Å². The molecule has 5 heteroatoms. The van der Waals surface area contributed by atoms with Gasteiger partial charge in [-0.3, -0.25) is 4.79 Å². The molecule has 24 heavy (non-hydrogen) atoms. The second kappa shape index (κ2) is 8.74. The summed E-state index contributed by atoms with van der Waals surface area (Å²) in [6, 6.07) is 12.8. The fourth-order valence-electron chi connectivity index (χ4n) is 2.17. The lowest BCUT2D eigenvalue weighted by molar-refractivity contribution is -0.136. The molecule has 0 amide bonds. The molecule has 0 bridgehead atoms. The van der Waals surface area contributed by atoms with E-state index in [0.29, 0.717) is 23.7 Å². The predicted molar refractivity (Wildman–Crippen MR) is 91.6 cm³/mol. The zero-order chi connectivity index (χ0) is 17.4. The zero-order valence-corrected chi connectivity index (χ0v) is 13.4. The van der Waals surface area contributed by atoms with Gasteiger partial charge in [-0.15, -0.1) is 0 Å². The lowest BCUT2D eigenvalue weighted by Gasteiger charge is -2.12. The quantitative estimate of drug-likeness (QED) is 0.775. The molecule has 0 aromatic heterocycles. The smallest absolute Gasteiger partial charge is 0.303 e. The zero-order valence-electron chi connectivity index (χ0n) is 13.4. The number of hydrogen-bond donors (Lipinski definition) is 2. The third kappa shape index (κ3) is 5.14. The summed E-state index contributed by atoms with van der Waals surface area (Å²) in [5.74, 6) is 0.932. The number of hydrogen-bond acceptors (Lipinski definition) is 4. The van der Waals surface area contributed by atoms with Gasteiger partial charge in [-0.05, 0) is 41.8 Å². The Balaban J connectivity index is 2.15. The van der Waals surface area contributed by atoms with Crippen LogP contribution in [0.5, 0.6) is 17.2 Å². The van der Waals surface area contributed by atoms with Gasteiger partial charge in [0, 0.05) is 6.42 Å². The van der Waals surface area contributed by atoms with Crippen molar-refractivity contribution in [3.05, 3.63) is 59.7 Å². The summed E-state index contributed by atoms with van der Waals surface area (Å²) < 4.78 is 11.2. The number of carboxylic acid groups (broad SMARTS) is 1. The van der Waals surface area contributed by atoms with Crippen LogP contribution in [0.15, 0.2) is 48.5 Å². The van der Waals surface area contributed by atoms with E-state index in [-0.39, 0.29) is 13.0 Å². The summed E-state index contributed by atoms with van der Waals surface area (Å²) in [4.78, 5) is 10.7. The summed E-state index contributed by atoms with van der Waals surface area (Å²) in [6.07, 6.45) is 3.97. The highest BCUT2D eigenvalue weighted by atomic mass is 16.5. The van der Waals surface area contributed by atoms with E-state index >= 15 is 0 Å². The number of rotatable bonds is 8. The van der Waals surface area contributed by atoms with E-state index in [0.717, 1.165) is 11.1 Å². The lowest BCUT2D eigenvalue weighted by Crippen LogP contribution is -1.98. The molecule has 126 valence electrons. The van der Waals surface area contributed by atoms with Crippen LogP contribution in [0.1, 0.15) is 17.5 Å². The maximum Gasteiger partial charge on any atom is 0.303 e. The molecule has 2 aromatic carbocycles. The number of ether oxygens (including phenoxy) is 2. The van der Waals surface area contributed by atoms with Crippen molar-refractivity contribution < 1.29 is 24.5 Å². The Kier molecular flexibility index (Phi) is 6.40. The maximum atomic E-state index is 10.7.